The molecule has 0 saturated heterocycles. The summed E-state index contributed by atoms with van der Waals surface area (Å²) in [5.41, 5.74) is -0.183. The molecule has 2 rings (SSSR count). The fourth-order valence-corrected chi connectivity index (χ4v) is 1.98. The van der Waals surface area contributed by atoms with Gasteiger partial charge in [0, 0.05) is 16.1 Å². The largest absolute Gasteiger partial charge is 0.416 e. The number of hydrogen-bond acceptors (Lipinski definition) is 1. The first-order valence-corrected chi connectivity index (χ1v) is 5.72. The Kier molecular flexibility index (Phi) is 3.62. The van der Waals surface area contributed by atoms with Gasteiger partial charge in [0.15, 0.2) is 0 Å². The molecule has 1 nitrogen and oxygen atoms in total. The molecule has 0 unspecified atom stereocenters. The summed E-state index contributed by atoms with van der Waals surface area (Å²) in [6.07, 6.45) is -4.12. The Balaban J connectivity index is 2.64. The summed E-state index contributed by atoms with van der Waals surface area (Å²) in [5, 5.41) is 0.332. The Morgan fingerprint density at radius 1 is 1.05 bits per heavy atom. The Bertz CT molecular complexity index is 620. The molecule has 0 aliphatic rings. The van der Waals surface area contributed by atoms with Crippen molar-refractivity contribution >= 4 is 17.9 Å². The second-order valence-corrected chi connectivity index (χ2v) is 4.35. The molecular weight excluding hydrogens is 277 g/mol. The van der Waals surface area contributed by atoms with Crippen LogP contribution in [0.25, 0.3) is 11.1 Å². The minimum atomic E-state index is -4.50. The molecule has 0 aliphatic heterocycles. The van der Waals surface area contributed by atoms with Gasteiger partial charge in [0.2, 0.25) is 0 Å². The first kappa shape index (κ1) is 13.6. The Hall–Kier alpha value is -1.81. The van der Waals surface area contributed by atoms with Crippen LogP contribution in [0.3, 0.4) is 0 Å². The van der Waals surface area contributed by atoms with E-state index in [1.54, 1.807) is 24.3 Å². The van der Waals surface area contributed by atoms with Gasteiger partial charge in [-0.1, -0.05) is 29.8 Å². The standard InChI is InChI=1S/C14H8ClF3O/c15-13-4-2-1-3-12(13)10-5-9(8-19)6-11(7-10)14(16,17)18/h1-8H. The molecule has 0 saturated carbocycles. The lowest BCUT2D eigenvalue weighted by Gasteiger charge is -2.11. The van der Waals surface area contributed by atoms with Crippen LogP contribution >= 0.6 is 11.6 Å². The highest BCUT2D eigenvalue weighted by atomic mass is 35.5. The van der Waals surface area contributed by atoms with E-state index in [1.807, 2.05) is 0 Å². The number of carbonyl (C=O) groups is 1. The number of benzene rings is 2. The molecule has 0 heterocycles. The van der Waals surface area contributed by atoms with Gasteiger partial charge < -0.3 is 0 Å². The van der Waals surface area contributed by atoms with Gasteiger partial charge >= 0.3 is 6.18 Å². The zero-order valence-corrected chi connectivity index (χ0v) is 10.3. The van der Waals surface area contributed by atoms with Crippen molar-refractivity contribution in [2.24, 2.45) is 0 Å². The van der Waals surface area contributed by atoms with Crippen molar-refractivity contribution in [1.82, 2.24) is 0 Å². The zero-order valence-electron chi connectivity index (χ0n) is 9.54. The molecule has 19 heavy (non-hydrogen) atoms. The van der Waals surface area contributed by atoms with Crippen LogP contribution in [0.1, 0.15) is 15.9 Å². The van der Waals surface area contributed by atoms with Gasteiger partial charge in [-0.25, -0.2) is 0 Å². The van der Waals surface area contributed by atoms with E-state index in [1.165, 1.54) is 6.07 Å². The molecule has 0 fully saturated rings. The summed E-state index contributed by atoms with van der Waals surface area (Å²) >= 11 is 5.95. The van der Waals surface area contributed by atoms with E-state index < -0.39 is 11.7 Å². The van der Waals surface area contributed by atoms with Crippen LogP contribution in [0.5, 0.6) is 0 Å². The van der Waals surface area contributed by atoms with E-state index in [4.69, 9.17) is 11.6 Å². The molecule has 0 amide bonds. The predicted molar refractivity (Wildman–Crippen MR) is 67.3 cm³/mol. The lowest BCUT2D eigenvalue weighted by Crippen LogP contribution is -2.06. The normalized spacial score (nSPS) is 11.4. The first-order valence-electron chi connectivity index (χ1n) is 5.34. The van der Waals surface area contributed by atoms with Crippen molar-refractivity contribution in [1.29, 1.82) is 0 Å². The third-order valence-corrected chi connectivity index (χ3v) is 2.93. The van der Waals surface area contributed by atoms with Gasteiger partial charge in [0.25, 0.3) is 0 Å². The van der Waals surface area contributed by atoms with E-state index in [0.717, 1.165) is 12.1 Å². The Labute approximate surface area is 112 Å². The molecule has 0 atom stereocenters. The van der Waals surface area contributed by atoms with Gasteiger partial charge in [-0.15, -0.1) is 0 Å². The zero-order chi connectivity index (χ0) is 14.0. The third kappa shape index (κ3) is 2.96. The molecule has 0 N–H and O–H groups in total. The predicted octanol–water partition coefficient (Wildman–Crippen LogP) is 4.84. The number of halogens is 4. The van der Waals surface area contributed by atoms with Crippen molar-refractivity contribution in [2.75, 3.05) is 0 Å². The number of rotatable bonds is 2. The van der Waals surface area contributed by atoms with Crippen LogP contribution in [0.4, 0.5) is 13.2 Å². The van der Waals surface area contributed by atoms with Gasteiger partial charge in [-0.3, -0.25) is 4.79 Å². The van der Waals surface area contributed by atoms with Gasteiger partial charge in [-0.05, 0) is 29.8 Å². The molecular formula is C14H8ClF3O. The highest BCUT2D eigenvalue weighted by Crippen LogP contribution is 2.35. The topological polar surface area (TPSA) is 17.1 Å². The maximum atomic E-state index is 12.8. The summed E-state index contributed by atoms with van der Waals surface area (Å²) in [6.45, 7) is 0. The Morgan fingerprint density at radius 2 is 1.74 bits per heavy atom. The van der Waals surface area contributed by atoms with Crippen LogP contribution in [0.15, 0.2) is 42.5 Å². The lowest BCUT2D eigenvalue weighted by molar-refractivity contribution is -0.137. The van der Waals surface area contributed by atoms with Crippen molar-refractivity contribution in [3.05, 3.63) is 58.6 Å². The van der Waals surface area contributed by atoms with Crippen LogP contribution in [-0.4, -0.2) is 6.29 Å². The molecule has 0 spiro atoms. The van der Waals surface area contributed by atoms with Gasteiger partial charge in [0.1, 0.15) is 6.29 Å². The van der Waals surface area contributed by atoms with Gasteiger partial charge in [0.05, 0.1) is 5.56 Å². The van der Waals surface area contributed by atoms with E-state index in [2.05, 4.69) is 0 Å². The van der Waals surface area contributed by atoms with Crippen molar-refractivity contribution < 1.29 is 18.0 Å². The Morgan fingerprint density at radius 3 is 2.32 bits per heavy atom. The maximum absolute atomic E-state index is 12.8. The minimum Gasteiger partial charge on any atom is -0.298 e. The van der Waals surface area contributed by atoms with Crippen LogP contribution in [0, 0.1) is 0 Å². The lowest BCUT2D eigenvalue weighted by atomic mass is 10.00. The number of hydrogen-bond donors (Lipinski definition) is 0. The van der Waals surface area contributed by atoms with E-state index in [-0.39, 0.29) is 11.1 Å². The number of aldehydes is 1. The average Bonchev–Trinajstić information content (AvgIpc) is 2.37. The van der Waals surface area contributed by atoms with Crippen LogP contribution < -0.4 is 0 Å². The summed E-state index contributed by atoms with van der Waals surface area (Å²) < 4.78 is 38.3. The number of alkyl halides is 3. The van der Waals surface area contributed by atoms with Crippen LogP contribution in [0.2, 0.25) is 5.02 Å². The van der Waals surface area contributed by atoms with E-state index in [9.17, 15) is 18.0 Å². The summed E-state index contributed by atoms with van der Waals surface area (Å²) in [6, 6.07) is 9.71. The monoisotopic (exact) mass is 284 g/mol. The van der Waals surface area contributed by atoms with Crippen molar-refractivity contribution in [2.45, 2.75) is 6.18 Å². The maximum Gasteiger partial charge on any atom is 0.416 e. The highest BCUT2D eigenvalue weighted by molar-refractivity contribution is 6.33. The SMILES string of the molecule is O=Cc1cc(-c2ccccc2Cl)cc(C(F)(F)F)c1. The molecule has 0 bridgehead atoms. The molecule has 0 radical (unpaired) electrons. The second-order valence-electron chi connectivity index (χ2n) is 3.94. The number of carbonyl (C=O) groups excluding carboxylic acids is 1. The van der Waals surface area contributed by atoms with Crippen molar-refractivity contribution in [3.8, 4) is 11.1 Å². The summed E-state index contributed by atoms with van der Waals surface area (Å²) in [7, 11) is 0. The average molecular weight is 285 g/mol. The van der Waals surface area contributed by atoms with Gasteiger partial charge in [-0.2, -0.15) is 13.2 Å². The summed E-state index contributed by atoms with van der Waals surface area (Å²) in [5.74, 6) is 0. The van der Waals surface area contributed by atoms with E-state index in [0.29, 0.717) is 16.9 Å². The smallest absolute Gasteiger partial charge is 0.298 e. The van der Waals surface area contributed by atoms with Crippen molar-refractivity contribution in [3.63, 3.8) is 0 Å². The second kappa shape index (κ2) is 5.05. The quantitative estimate of drug-likeness (QED) is 0.721. The fourth-order valence-electron chi connectivity index (χ4n) is 1.73. The first-order chi connectivity index (χ1) is 8.91. The third-order valence-electron chi connectivity index (χ3n) is 2.60. The molecule has 0 aliphatic carbocycles. The van der Waals surface area contributed by atoms with E-state index >= 15 is 0 Å². The molecule has 5 heteroatoms. The summed E-state index contributed by atoms with van der Waals surface area (Å²) in [4.78, 5) is 10.8. The fraction of sp³-hybridized carbons (Fsp3) is 0.0714. The highest BCUT2D eigenvalue weighted by Gasteiger charge is 2.31. The minimum absolute atomic E-state index is 0.0373. The van der Waals surface area contributed by atoms with Crippen LogP contribution in [-0.2, 0) is 6.18 Å². The molecule has 2 aromatic carbocycles. The molecule has 0 aromatic heterocycles. The molecule has 98 valence electrons. The molecule has 2 aromatic rings.